The smallest absolute Gasteiger partial charge is 0.264 e. The molecule has 41 heavy (non-hydrogen) atoms. The van der Waals surface area contributed by atoms with Gasteiger partial charge >= 0.3 is 0 Å². The van der Waals surface area contributed by atoms with Crippen molar-refractivity contribution in [2.24, 2.45) is 0 Å². The molecule has 1 atom stereocenters. The third-order valence-corrected chi connectivity index (χ3v) is 9.89. The van der Waals surface area contributed by atoms with E-state index in [4.69, 9.17) is 0 Å². The van der Waals surface area contributed by atoms with Crippen molar-refractivity contribution in [3.8, 4) is 0 Å². The van der Waals surface area contributed by atoms with Crippen LogP contribution in [0.25, 0.3) is 0 Å². The van der Waals surface area contributed by atoms with Gasteiger partial charge in [-0.3, -0.25) is 13.9 Å². The number of carbonyl (C=O) groups is 2. The molecule has 1 unspecified atom stereocenters. The maximum Gasteiger partial charge on any atom is 0.264 e. The fourth-order valence-corrected chi connectivity index (χ4v) is 6.92. The van der Waals surface area contributed by atoms with Gasteiger partial charge in [-0.05, 0) is 74.6 Å². The lowest BCUT2D eigenvalue weighted by molar-refractivity contribution is -0.139. The third-order valence-electron chi connectivity index (χ3n) is 7.57. The van der Waals surface area contributed by atoms with Crippen molar-refractivity contribution in [1.29, 1.82) is 0 Å². The van der Waals surface area contributed by atoms with E-state index in [1.807, 2.05) is 44.2 Å². The van der Waals surface area contributed by atoms with E-state index in [2.05, 4.69) is 21.2 Å². The van der Waals surface area contributed by atoms with Crippen molar-refractivity contribution < 1.29 is 18.0 Å². The number of aryl methyl sites for hydroxylation is 1. The van der Waals surface area contributed by atoms with E-state index in [1.165, 1.54) is 0 Å². The second kappa shape index (κ2) is 14.1. The number of carbonyl (C=O) groups excluding carboxylic acids is 2. The van der Waals surface area contributed by atoms with Crippen LogP contribution in [0.4, 0.5) is 5.69 Å². The maximum absolute atomic E-state index is 14.1. The quantitative estimate of drug-likeness (QED) is 0.269. The fraction of sp³-hybridized carbons (Fsp3) is 0.375. The number of benzene rings is 3. The maximum atomic E-state index is 14.1. The molecule has 0 aliphatic heterocycles. The highest BCUT2D eigenvalue weighted by Gasteiger charge is 2.34. The fourth-order valence-electron chi connectivity index (χ4n) is 5.24. The zero-order valence-electron chi connectivity index (χ0n) is 23.6. The summed E-state index contributed by atoms with van der Waals surface area (Å²) in [7, 11) is -4.08. The lowest BCUT2D eigenvalue weighted by Crippen LogP contribution is -2.54. The Hall–Kier alpha value is -3.17. The summed E-state index contributed by atoms with van der Waals surface area (Å²) in [6.45, 7) is 3.63. The van der Waals surface area contributed by atoms with Crippen LogP contribution in [0.1, 0.15) is 50.2 Å². The van der Waals surface area contributed by atoms with E-state index in [9.17, 15) is 18.0 Å². The average Bonchev–Trinajstić information content (AvgIpc) is 3.48. The Bertz CT molecular complexity index is 1410. The van der Waals surface area contributed by atoms with Gasteiger partial charge in [0.1, 0.15) is 12.6 Å². The molecule has 3 aromatic carbocycles. The summed E-state index contributed by atoms with van der Waals surface area (Å²) in [6.07, 6.45) is 5.00. The normalized spacial score (nSPS) is 14.4. The molecule has 0 saturated heterocycles. The first-order chi connectivity index (χ1) is 19.7. The number of hydrogen-bond donors (Lipinski definition) is 1. The van der Waals surface area contributed by atoms with Crippen molar-refractivity contribution in [2.75, 3.05) is 17.4 Å². The first-order valence-corrected chi connectivity index (χ1v) is 16.4. The molecule has 9 heteroatoms. The summed E-state index contributed by atoms with van der Waals surface area (Å²) in [5.74, 6) is -0.606. The largest absolute Gasteiger partial charge is 0.352 e. The molecule has 3 aromatic rings. The highest BCUT2D eigenvalue weighted by atomic mass is 79.9. The van der Waals surface area contributed by atoms with Crippen LogP contribution in [0.5, 0.6) is 0 Å². The van der Waals surface area contributed by atoms with Crippen LogP contribution in [0.3, 0.4) is 0 Å². The molecule has 0 heterocycles. The first kappa shape index (κ1) is 30.8. The molecule has 2 amide bonds. The van der Waals surface area contributed by atoms with Crippen LogP contribution in [0.15, 0.2) is 88.2 Å². The third kappa shape index (κ3) is 7.98. The number of hydrogen-bond acceptors (Lipinski definition) is 4. The minimum absolute atomic E-state index is 0.0978. The second-order valence-electron chi connectivity index (χ2n) is 10.5. The second-order valence-corrected chi connectivity index (χ2v) is 13.3. The molecule has 0 aromatic heterocycles. The number of nitrogens with one attached hydrogen (secondary N) is 1. The van der Waals surface area contributed by atoms with E-state index in [-0.39, 0.29) is 23.4 Å². The molecule has 1 saturated carbocycles. The lowest BCUT2D eigenvalue weighted by atomic mass is 10.1. The Kier molecular flexibility index (Phi) is 10.6. The molecule has 4 rings (SSSR count). The SMILES string of the molecule is CCC(C(=O)NC1CCCC1)N(CCc1ccccc1)C(=O)CN(c1ccc(Br)cc1)S(=O)(=O)c1ccc(C)cc1. The Morgan fingerprint density at radius 1 is 0.951 bits per heavy atom. The monoisotopic (exact) mass is 639 g/mol. The zero-order chi connectivity index (χ0) is 29.4. The van der Waals surface area contributed by atoms with Crippen molar-refractivity contribution in [1.82, 2.24) is 10.2 Å². The van der Waals surface area contributed by atoms with Gasteiger partial charge in [0.05, 0.1) is 10.6 Å². The molecule has 218 valence electrons. The Morgan fingerprint density at radius 3 is 2.20 bits per heavy atom. The molecule has 1 aliphatic carbocycles. The molecular formula is C32H38BrN3O4S. The molecule has 0 bridgehead atoms. The molecular weight excluding hydrogens is 602 g/mol. The van der Waals surface area contributed by atoms with E-state index in [0.717, 1.165) is 45.6 Å². The molecule has 7 nitrogen and oxygen atoms in total. The topological polar surface area (TPSA) is 86.8 Å². The number of sulfonamides is 1. The minimum atomic E-state index is -4.08. The van der Waals surface area contributed by atoms with Crippen molar-refractivity contribution in [2.45, 2.75) is 69.4 Å². The zero-order valence-corrected chi connectivity index (χ0v) is 26.0. The summed E-state index contributed by atoms with van der Waals surface area (Å²) in [4.78, 5) is 29.3. The number of halogens is 1. The standard InChI is InChI=1S/C32H38BrN3O4S/c1-3-30(32(38)34-27-11-7-8-12-27)35(22-21-25-9-5-4-6-10-25)31(37)23-36(28-17-15-26(33)16-18-28)41(39,40)29-19-13-24(2)14-20-29/h4-6,9-10,13-20,27,30H,3,7-8,11-12,21-23H2,1-2H3,(H,34,38). The number of anilines is 1. The van der Waals surface area contributed by atoms with E-state index in [0.29, 0.717) is 18.5 Å². The molecule has 1 fully saturated rings. The summed E-state index contributed by atoms with van der Waals surface area (Å²) < 4.78 is 29.8. The van der Waals surface area contributed by atoms with Gasteiger partial charge in [-0.2, -0.15) is 0 Å². The minimum Gasteiger partial charge on any atom is -0.352 e. The highest BCUT2D eigenvalue weighted by Crippen LogP contribution is 2.26. The van der Waals surface area contributed by atoms with E-state index >= 15 is 0 Å². The van der Waals surface area contributed by atoms with Gasteiger partial charge in [-0.15, -0.1) is 0 Å². The van der Waals surface area contributed by atoms with Crippen LogP contribution in [0.2, 0.25) is 0 Å². The van der Waals surface area contributed by atoms with Gasteiger partial charge in [0.15, 0.2) is 0 Å². The number of nitrogens with zero attached hydrogens (tertiary/aromatic N) is 2. The van der Waals surface area contributed by atoms with Gasteiger partial charge in [0.25, 0.3) is 10.0 Å². The van der Waals surface area contributed by atoms with Crippen LogP contribution >= 0.6 is 15.9 Å². The van der Waals surface area contributed by atoms with Crippen molar-refractivity contribution in [3.05, 3.63) is 94.5 Å². The van der Waals surface area contributed by atoms with Gasteiger partial charge in [0.2, 0.25) is 11.8 Å². The number of rotatable bonds is 12. The van der Waals surface area contributed by atoms with Crippen molar-refractivity contribution >= 4 is 43.5 Å². The van der Waals surface area contributed by atoms with Crippen LogP contribution in [-0.2, 0) is 26.0 Å². The van der Waals surface area contributed by atoms with Crippen LogP contribution < -0.4 is 9.62 Å². The Labute approximate surface area is 252 Å². The predicted molar refractivity (Wildman–Crippen MR) is 166 cm³/mol. The van der Waals surface area contributed by atoms with Crippen molar-refractivity contribution in [3.63, 3.8) is 0 Å². The number of amides is 2. The summed E-state index contributed by atoms with van der Waals surface area (Å²) >= 11 is 3.41. The highest BCUT2D eigenvalue weighted by molar-refractivity contribution is 9.10. The molecule has 0 radical (unpaired) electrons. The summed E-state index contributed by atoms with van der Waals surface area (Å²) in [6, 6.07) is 22.6. The summed E-state index contributed by atoms with van der Waals surface area (Å²) in [5.41, 5.74) is 2.34. The van der Waals surface area contributed by atoms with Gasteiger partial charge in [-0.1, -0.05) is 83.7 Å². The van der Waals surface area contributed by atoms with Gasteiger partial charge in [0, 0.05) is 17.1 Å². The predicted octanol–water partition coefficient (Wildman–Crippen LogP) is 5.86. The Morgan fingerprint density at radius 2 is 1.59 bits per heavy atom. The molecule has 0 spiro atoms. The van der Waals surface area contributed by atoms with Crippen LogP contribution in [0, 0.1) is 6.92 Å². The van der Waals surface area contributed by atoms with E-state index < -0.39 is 28.5 Å². The van der Waals surface area contributed by atoms with Gasteiger partial charge in [-0.25, -0.2) is 8.42 Å². The first-order valence-electron chi connectivity index (χ1n) is 14.2. The van der Waals surface area contributed by atoms with Gasteiger partial charge < -0.3 is 10.2 Å². The van der Waals surface area contributed by atoms with Crippen LogP contribution in [-0.4, -0.2) is 50.3 Å². The Balaban J connectivity index is 1.66. The lowest BCUT2D eigenvalue weighted by Gasteiger charge is -2.33. The average molecular weight is 641 g/mol. The van der Waals surface area contributed by atoms with E-state index in [1.54, 1.807) is 53.4 Å². The molecule has 1 aliphatic rings. The summed E-state index contributed by atoms with van der Waals surface area (Å²) in [5, 5.41) is 3.15. The molecule has 1 N–H and O–H groups in total.